The van der Waals surface area contributed by atoms with Gasteiger partial charge in [-0.3, -0.25) is 24.0 Å². The standard InChI is InChI=1S/C26H35N5O9/c1-3-13(2)22(26(39)40)31-25(38)19(11-21(34)35)30-24(37)18(8-9-20(32)33)29-23(36)16(27)10-14-12-28-17-7-5-4-6-15(14)17/h4-7,12-13,16,18-19,22,28H,3,8-11,27H2,1-2H3,(H,29,36)(H,30,37)(H,31,38)(H,32,33)(H,34,35)(H,39,40). The molecule has 5 unspecified atom stereocenters. The van der Waals surface area contributed by atoms with Crippen LogP contribution in [-0.2, 0) is 35.2 Å². The number of rotatable bonds is 16. The first kappa shape index (κ1) is 31.8. The Balaban J connectivity index is 2.17. The fraction of sp³-hybridized carbons (Fsp3) is 0.462. The summed E-state index contributed by atoms with van der Waals surface area (Å²) in [5, 5.41) is 35.5. The summed E-state index contributed by atoms with van der Waals surface area (Å²) in [5.74, 6) is -7.38. The van der Waals surface area contributed by atoms with E-state index in [4.69, 9.17) is 10.8 Å². The van der Waals surface area contributed by atoms with Crippen LogP contribution in [0.25, 0.3) is 10.9 Å². The van der Waals surface area contributed by atoms with Crippen molar-refractivity contribution in [1.29, 1.82) is 0 Å². The summed E-state index contributed by atoms with van der Waals surface area (Å²) in [7, 11) is 0. The molecule has 0 aliphatic heterocycles. The number of aliphatic carboxylic acids is 3. The number of carbonyl (C=O) groups is 6. The van der Waals surface area contributed by atoms with Gasteiger partial charge >= 0.3 is 17.9 Å². The van der Waals surface area contributed by atoms with Gasteiger partial charge in [-0.15, -0.1) is 0 Å². The molecule has 1 heterocycles. The van der Waals surface area contributed by atoms with Crippen molar-refractivity contribution in [2.45, 2.75) is 70.1 Å². The quantitative estimate of drug-likeness (QED) is 0.136. The number of H-pyrrole nitrogens is 1. The zero-order valence-electron chi connectivity index (χ0n) is 22.2. The second-order valence-corrected chi connectivity index (χ2v) is 9.53. The van der Waals surface area contributed by atoms with E-state index in [0.717, 1.165) is 16.5 Å². The third-order valence-electron chi connectivity index (χ3n) is 6.52. The second-order valence-electron chi connectivity index (χ2n) is 9.53. The molecule has 14 heteroatoms. The van der Waals surface area contributed by atoms with Crippen LogP contribution in [0.2, 0.25) is 0 Å². The molecular weight excluding hydrogens is 526 g/mol. The Morgan fingerprint density at radius 1 is 0.900 bits per heavy atom. The molecule has 0 aliphatic carbocycles. The van der Waals surface area contributed by atoms with Gasteiger partial charge in [0, 0.05) is 23.5 Å². The Hall–Kier alpha value is -4.46. The third-order valence-corrected chi connectivity index (χ3v) is 6.52. The summed E-state index contributed by atoms with van der Waals surface area (Å²) >= 11 is 0. The van der Waals surface area contributed by atoms with Gasteiger partial charge in [-0.25, -0.2) is 4.79 Å². The molecule has 14 nitrogen and oxygen atoms in total. The number of para-hydroxylation sites is 1. The Bertz CT molecular complexity index is 1240. The van der Waals surface area contributed by atoms with E-state index in [9.17, 15) is 39.0 Å². The van der Waals surface area contributed by atoms with Crippen molar-refractivity contribution in [3.63, 3.8) is 0 Å². The maximum Gasteiger partial charge on any atom is 0.326 e. The van der Waals surface area contributed by atoms with Crippen LogP contribution in [-0.4, -0.2) is 80.1 Å². The summed E-state index contributed by atoms with van der Waals surface area (Å²) in [6, 6.07) is 1.74. The Morgan fingerprint density at radius 2 is 1.52 bits per heavy atom. The molecule has 0 fully saturated rings. The monoisotopic (exact) mass is 561 g/mol. The maximum atomic E-state index is 13.1. The normalized spacial score (nSPS) is 14.8. The molecule has 1 aromatic heterocycles. The van der Waals surface area contributed by atoms with Crippen LogP contribution >= 0.6 is 0 Å². The van der Waals surface area contributed by atoms with E-state index < -0.39 is 78.6 Å². The number of hydrogen-bond acceptors (Lipinski definition) is 7. The summed E-state index contributed by atoms with van der Waals surface area (Å²) in [4.78, 5) is 75.9. The predicted octanol–water partition coefficient (Wildman–Crippen LogP) is -0.0377. The molecule has 0 aliphatic rings. The van der Waals surface area contributed by atoms with Crippen LogP contribution in [0.1, 0.15) is 45.1 Å². The van der Waals surface area contributed by atoms with Crippen molar-refractivity contribution in [2.24, 2.45) is 11.7 Å². The van der Waals surface area contributed by atoms with Crippen LogP contribution < -0.4 is 21.7 Å². The number of carboxylic acids is 3. The second kappa shape index (κ2) is 14.6. The van der Waals surface area contributed by atoms with Crippen molar-refractivity contribution in [1.82, 2.24) is 20.9 Å². The van der Waals surface area contributed by atoms with Gasteiger partial charge in [0.1, 0.15) is 18.1 Å². The number of carbonyl (C=O) groups excluding carboxylic acids is 3. The number of amides is 3. The molecule has 1 aromatic carbocycles. The lowest BCUT2D eigenvalue weighted by molar-refractivity contribution is -0.144. The Morgan fingerprint density at radius 3 is 2.12 bits per heavy atom. The van der Waals surface area contributed by atoms with Crippen LogP contribution in [0.5, 0.6) is 0 Å². The first-order valence-corrected chi connectivity index (χ1v) is 12.7. The minimum absolute atomic E-state index is 0.0966. The SMILES string of the molecule is CCC(C)C(NC(=O)C(CC(=O)O)NC(=O)C(CCC(=O)O)NC(=O)C(N)Cc1c[nH]c2ccccc12)C(=O)O. The van der Waals surface area contributed by atoms with Crippen molar-refractivity contribution in [3.05, 3.63) is 36.0 Å². The Kier molecular flexibility index (Phi) is 11.6. The zero-order valence-corrected chi connectivity index (χ0v) is 22.2. The molecule has 2 aromatic rings. The summed E-state index contributed by atoms with van der Waals surface area (Å²) in [6.07, 6.45) is 0.407. The molecule has 3 amide bonds. The highest BCUT2D eigenvalue weighted by atomic mass is 16.4. The molecular formula is C26H35N5O9. The van der Waals surface area contributed by atoms with Gasteiger partial charge in [0.05, 0.1) is 12.5 Å². The van der Waals surface area contributed by atoms with E-state index in [-0.39, 0.29) is 12.8 Å². The minimum atomic E-state index is -1.69. The molecule has 0 saturated heterocycles. The molecule has 218 valence electrons. The number of carboxylic acid groups (broad SMARTS) is 3. The highest BCUT2D eigenvalue weighted by Gasteiger charge is 2.33. The highest BCUT2D eigenvalue weighted by molar-refractivity contribution is 5.96. The van der Waals surface area contributed by atoms with Gasteiger partial charge in [-0.05, 0) is 30.4 Å². The number of hydrogen-bond donors (Lipinski definition) is 8. The number of nitrogens with two attached hydrogens (primary N) is 1. The third kappa shape index (κ3) is 9.08. The summed E-state index contributed by atoms with van der Waals surface area (Å²) in [6.45, 7) is 3.29. The van der Waals surface area contributed by atoms with Crippen molar-refractivity contribution >= 4 is 46.5 Å². The molecule has 0 bridgehead atoms. The molecule has 5 atom stereocenters. The lowest BCUT2D eigenvalue weighted by atomic mass is 9.98. The molecule has 0 saturated carbocycles. The number of aromatic amines is 1. The van der Waals surface area contributed by atoms with Crippen molar-refractivity contribution in [2.75, 3.05) is 0 Å². The average Bonchev–Trinajstić information content (AvgIpc) is 3.30. The van der Waals surface area contributed by atoms with E-state index in [1.165, 1.54) is 0 Å². The predicted molar refractivity (Wildman–Crippen MR) is 142 cm³/mol. The van der Waals surface area contributed by atoms with E-state index in [0.29, 0.717) is 6.42 Å². The zero-order chi connectivity index (χ0) is 30.0. The van der Waals surface area contributed by atoms with E-state index in [1.807, 2.05) is 24.3 Å². The molecule has 0 radical (unpaired) electrons. The number of nitrogens with one attached hydrogen (secondary N) is 4. The fourth-order valence-corrected chi connectivity index (χ4v) is 4.04. The lowest BCUT2D eigenvalue weighted by Crippen LogP contribution is -2.58. The number of fused-ring (bicyclic) bond motifs is 1. The maximum absolute atomic E-state index is 13.1. The van der Waals surface area contributed by atoms with Gasteiger partial charge in [0.25, 0.3) is 0 Å². The van der Waals surface area contributed by atoms with Crippen LogP contribution in [0.3, 0.4) is 0 Å². The van der Waals surface area contributed by atoms with Crippen molar-refractivity contribution < 1.29 is 44.1 Å². The Labute approximate surface area is 229 Å². The topological polar surface area (TPSA) is 241 Å². The van der Waals surface area contributed by atoms with Crippen LogP contribution in [0.15, 0.2) is 30.5 Å². The smallest absolute Gasteiger partial charge is 0.326 e. The lowest BCUT2D eigenvalue weighted by Gasteiger charge is -2.26. The van der Waals surface area contributed by atoms with E-state index in [2.05, 4.69) is 20.9 Å². The number of benzene rings is 1. The van der Waals surface area contributed by atoms with Gasteiger partial charge in [0.2, 0.25) is 17.7 Å². The van der Waals surface area contributed by atoms with Gasteiger partial charge < -0.3 is 42.0 Å². The highest BCUT2D eigenvalue weighted by Crippen LogP contribution is 2.19. The molecule has 0 spiro atoms. The van der Waals surface area contributed by atoms with Crippen LogP contribution in [0, 0.1) is 5.92 Å². The van der Waals surface area contributed by atoms with Gasteiger partial charge in [0.15, 0.2) is 0 Å². The van der Waals surface area contributed by atoms with E-state index in [1.54, 1.807) is 20.0 Å². The largest absolute Gasteiger partial charge is 0.481 e. The van der Waals surface area contributed by atoms with Gasteiger partial charge in [-0.1, -0.05) is 38.5 Å². The van der Waals surface area contributed by atoms with Crippen molar-refractivity contribution in [3.8, 4) is 0 Å². The molecule has 9 N–H and O–H groups in total. The summed E-state index contributed by atoms with van der Waals surface area (Å²) in [5.41, 5.74) is 7.66. The first-order valence-electron chi connectivity index (χ1n) is 12.7. The minimum Gasteiger partial charge on any atom is -0.481 e. The fourth-order valence-electron chi connectivity index (χ4n) is 4.04. The average molecular weight is 562 g/mol. The summed E-state index contributed by atoms with van der Waals surface area (Å²) < 4.78 is 0. The van der Waals surface area contributed by atoms with Crippen LogP contribution in [0.4, 0.5) is 0 Å². The molecule has 2 rings (SSSR count). The first-order chi connectivity index (χ1) is 18.8. The number of aromatic nitrogens is 1. The molecule has 40 heavy (non-hydrogen) atoms. The van der Waals surface area contributed by atoms with E-state index >= 15 is 0 Å². The van der Waals surface area contributed by atoms with Gasteiger partial charge in [-0.2, -0.15) is 0 Å².